The first-order chi connectivity index (χ1) is 13.3. The lowest BCUT2D eigenvalue weighted by Crippen LogP contribution is -2.24. The SMILES string of the molecule is CCNC(=O)Cc1ccc2cc(C(=O)c3ccc(C(C)(C)C)cc3)ccc2c1. The van der Waals surface area contributed by atoms with E-state index in [1.807, 2.05) is 67.6 Å². The van der Waals surface area contributed by atoms with Gasteiger partial charge in [-0.15, -0.1) is 0 Å². The van der Waals surface area contributed by atoms with Crippen LogP contribution < -0.4 is 5.32 Å². The molecule has 1 N–H and O–H groups in total. The third-order valence-electron chi connectivity index (χ3n) is 4.92. The fourth-order valence-corrected chi connectivity index (χ4v) is 3.28. The first kappa shape index (κ1) is 19.8. The van der Waals surface area contributed by atoms with E-state index in [0.29, 0.717) is 24.1 Å². The van der Waals surface area contributed by atoms with Crippen molar-refractivity contribution in [3.63, 3.8) is 0 Å². The topological polar surface area (TPSA) is 46.2 Å². The molecule has 0 atom stereocenters. The Morgan fingerprint density at radius 2 is 1.43 bits per heavy atom. The maximum atomic E-state index is 12.9. The molecule has 3 nitrogen and oxygen atoms in total. The molecule has 3 aromatic carbocycles. The molecule has 3 heteroatoms. The van der Waals surface area contributed by atoms with Crippen molar-refractivity contribution in [2.24, 2.45) is 0 Å². The Hall–Kier alpha value is -2.94. The average Bonchev–Trinajstić information content (AvgIpc) is 2.66. The van der Waals surface area contributed by atoms with E-state index in [-0.39, 0.29) is 17.1 Å². The first-order valence-corrected chi connectivity index (χ1v) is 9.72. The Labute approximate surface area is 166 Å². The molecule has 0 aliphatic carbocycles. The summed E-state index contributed by atoms with van der Waals surface area (Å²) in [5.41, 5.74) is 3.61. The van der Waals surface area contributed by atoms with Crippen molar-refractivity contribution in [1.82, 2.24) is 5.32 Å². The molecule has 3 aromatic rings. The van der Waals surface area contributed by atoms with Gasteiger partial charge in [-0.25, -0.2) is 0 Å². The van der Waals surface area contributed by atoms with Gasteiger partial charge in [0.05, 0.1) is 6.42 Å². The molecular weight excluding hydrogens is 346 g/mol. The molecule has 1 amide bonds. The van der Waals surface area contributed by atoms with Crippen LogP contribution in [-0.4, -0.2) is 18.2 Å². The Balaban J connectivity index is 1.83. The van der Waals surface area contributed by atoms with Crippen molar-refractivity contribution in [1.29, 1.82) is 0 Å². The van der Waals surface area contributed by atoms with E-state index in [4.69, 9.17) is 0 Å². The molecule has 0 fully saturated rings. The van der Waals surface area contributed by atoms with Gasteiger partial charge in [0.25, 0.3) is 0 Å². The highest BCUT2D eigenvalue weighted by atomic mass is 16.1. The lowest BCUT2D eigenvalue weighted by molar-refractivity contribution is -0.120. The summed E-state index contributed by atoms with van der Waals surface area (Å²) in [7, 11) is 0. The fourth-order valence-electron chi connectivity index (χ4n) is 3.28. The number of carbonyl (C=O) groups is 2. The summed E-state index contributed by atoms with van der Waals surface area (Å²) >= 11 is 0. The summed E-state index contributed by atoms with van der Waals surface area (Å²) < 4.78 is 0. The zero-order valence-corrected chi connectivity index (χ0v) is 17.0. The fraction of sp³-hybridized carbons (Fsp3) is 0.280. The van der Waals surface area contributed by atoms with Crippen LogP contribution in [0.1, 0.15) is 54.7 Å². The normalized spacial score (nSPS) is 11.4. The van der Waals surface area contributed by atoms with Gasteiger partial charge in [0, 0.05) is 17.7 Å². The monoisotopic (exact) mass is 373 g/mol. The number of carbonyl (C=O) groups excluding carboxylic acids is 2. The summed E-state index contributed by atoms with van der Waals surface area (Å²) in [6.07, 6.45) is 0.366. The minimum absolute atomic E-state index is 0.0207. The molecule has 0 aliphatic rings. The van der Waals surface area contributed by atoms with Gasteiger partial charge in [0.2, 0.25) is 5.91 Å². The molecule has 0 saturated carbocycles. The van der Waals surface area contributed by atoms with Crippen molar-refractivity contribution >= 4 is 22.5 Å². The van der Waals surface area contributed by atoms with Crippen LogP contribution in [0.2, 0.25) is 0 Å². The second-order valence-electron chi connectivity index (χ2n) is 8.18. The molecule has 0 radical (unpaired) electrons. The van der Waals surface area contributed by atoms with E-state index in [0.717, 1.165) is 16.3 Å². The molecule has 0 aromatic heterocycles. The van der Waals surface area contributed by atoms with Gasteiger partial charge in [-0.3, -0.25) is 9.59 Å². The van der Waals surface area contributed by atoms with Crippen molar-refractivity contribution in [3.05, 3.63) is 82.9 Å². The Morgan fingerprint density at radius 3 is 2.07 bits per heavy atom. The Kier molecular flexibility index (Phi) is 5.64. The van der Waals surface area contributed by atoms with Crippen molar-refractivity contribution in [2.45, 2.75) is 39.5 Å². The van der Waals surface area contributed by atoms with Crippen molar-refractivity contribution in [2.75, 3.05) is 6.54 Å². The number of nitrogens with one attached hydrogen (secondary N) is 1. The largest absolute Gasteiger partial charge is 0.356 e. The number of likely N-dealkylation sites (N-methyl/N-ethyl adjacent to an activating group) is 1. The molecule has 0 spiro atoms. The molecule has 0 heterocycles. The summed E-state index contributed by atoms with van der Waals surface area (Å²) in [5.74, 6) is 0.0427. The standard InChI is InChI=1S/C25H27NO2/c1-5-26-23(27)15-17-6-7-20-16-21(9-8-19(20)14-17)24(28)18-10-12-22(13-11-18)25(2,3)4/h6-14,16H,5,15H2,1-4H3,(H,26,27). The molecule has 0 bridgehead atoms. The summed E-state index contributed by atoms with van der Waals surface area (Å²) in [6, 6.07) is 19.5. The molecule has 144 valence electrons. The van der Waals surface area contributed by atoms with E-state index < -0.39 is 0 Å². The molecule has 0 saturated heterocycles. The van der Waals surface area contributed by atoms with Gasteiger partial charge in [-0.05, 0) is 40.3 Å². The van der Waals surface area contributed by atoms with E-state index in [1.165, 1.54) is 5.56 Å². The number of hydrogen-bond donors (Lipinski definition) is 1. The highest BCUT2D eigenvalue weighted by Gasteiger charge is 2.15. The molecule has 3 rings (SSSR count). The molecule has 0 aliphatic heterocycles. The number of rotatable bonds is 5. The third kappa shape index (κ3) is 4.48. The predicted molar refractivity (Wildman–Crippen MR) is 115 cm³/mol. The van der Waals surface area contributed by atoms with Crippen molar-refractivity contribution < 1.29 is 9.59 Å². The van der Waals surface area contributed by atoms with Gasteiger partial charge in [0.15, 0.2) is 5.78 Å². The van der Waals surface area contributed by atoms with Crippen LogP contribution >= 0.6 is 0 Å². The summed E-state index contributed by atoms with van der Waals surface area (Å²) in [4.78, 5) is 24.7. The molecule has 0 unspecified atom stereocenters. The number of hydrogen-bond acceptors (Lipinski definition) is 2. The summed E-state index contributed by atoms with van der Waals surface area (Å²) in [5, 5.41) is 4.84. The molecule has 28 heavy (non-hydrogen) atoms. The van der Waals surface area contributed by atoms with Crippen LogP contribution in [0.25, 0.3) is 10.8 Å². The van der Waals surface area contributed by atoms with Crippen LogP contribution in [0, 0.1) is 0 Å². The van der Waals surface area contributed by atoms with Crippen LogP contribution in [0.4, 0.5) is 0 Å². The number of amides is 1. The van der Waals surface area contributed by atoms with Crippen LogP contribution in [0.3, 0.4) is 0 Å². The first-order valence-electron chi connectivity index (χ1n) is 9.72. The Morgan fingerprint density at radius 1 is 0.821 bits per heavy atom. The number of fused-ring (bicyclic) bond motifs is 1. The van der Waals surface area contributed by atoms with E-state index in [2.05, 4.69) is 26.1 Å². The van der Waals surface area contributed by atoms with Crippen LogP contribution in [-0.2, 0) is 16.6 Å². The average molecular weight is 373 g/mol. The highest BCUT2D eigenvalue weighted by Crippen LogP contribution is 2.24. The Bertz CT molecular complexity index is 1010. The smallest absolute Gasteiger partial charge is 0.224 e. The van der Waals surface area contributed by atoms with Gasteiger partial charge in [-0.2, -0.15) is 0 Å². The maximum Gasteiger partial charge on any atom is 0.224 e. The van der Waals surface area contributed by atoms with E-state index >= 15 is 0 Å². The van der Waals surface area contributed by atoms with Gasteiger partial charge < -0.3 is 5.32 Å². The minimum Gasteiger partial charge on any atom is -0.356 e. The highest BCUT2D eigenvalue weighted by molar-refractivity contribution is 6.10. The quantitative estimate of drug-likeness (QED) is 0.636. The maximum absolute atomic E-state index is 12.9. The summed E-state index contributed by atoms with van der Waals surface area (Å²) in [6.45, 7) is 9.02. The minimum atomic E-state index is 0.0207. The zero-order valence-electron chi connectivity index (χ0n) is 17.0. The van der Waals surface area contributed by atoms with Crippen LogP contribution in [0.5, 0.6) is 0 Å². The second kappa shape index (κ2) is 7.97. The predicted octanol–water partition coefficient (Wildman–Crippen LogP) is 5.05. The van der Waals surface area contributed by atoms with Crippen LogP contribution in [0.15, 0.2) is 60.7 Å². The number of benzene rings is 3. The number of ketones is 1. The second-order valence-corrected chi connectivity index (χ2v) is 8.18. The molecular formula is C25H27NO2. The van der Waals surface area contributed by atoms with Gasteiger partial charge >= 0.3 is 0 Å². The lowest BCUT2D eigenvalue weighted by atomic mass is 9.86. The zero-order chi connectivity index (χ0) is 20.3. The van der Waals surface area contributed by atoms with Gasteiger partial charge in [-0.1, -0.05) is 75.4 Å². The third-order valence-corrected chi connectivity index (χ3v) is 4.92. The van der Waals surface area contributed by atoms with E-state index in [9.17, 15) is 9.59 Å². The van der Waals surface area contributed by atoms with Crippen molar-refractivity contribution in [3.8, 4) is 0 Å². The lowest BCUT2D eigenvalue weighted by Gasteiger charge is -2.19. The van der Waals surface area contributed by atoms with E-state index in [1.54, 1.807) is 0 Å². The van der Waals surface area contributed by atoms with Gasteiger partial charge in [0.1, 0.15) is 0 Å².